The van der Waals surface area contributed by atoms with Gasteiger partial charge in [-0.3, -0.25) is 4.79 Å². The van der Waals surface area contributed by atoms with Crippen LogP contribution >= 0.6 is 0 Å². The Hall–Kier alpha value is -1.49. The lowest BCUT2D eigenvalue weighted by atomic mass is 9.88. The van der Waals surface area contributed by atoms with E-state index in [9.17, 15) is 13.6 Å². The second-order valence-corrected chi connectivity index (χ2v) is 5.01. The zero-order valence-electron chi connectivity index (χ0n) is 9.75. The lowest BCUT2D eigenvalue weighted by molar-refractivity contribution is -0.120. The van der Waals surface area contributed by atoms with Gasteiger partial charge in [-0.05, 0) is 31.4 Å². The summed E-state index contributed by atoms with van der Waals surface area (Å²) in [6.45, 7) is 0. The van der Waals surface area contributed by atoms with Crippen LogP contribution in [0.5, 0.6) is 0 Å². The Bertz CT molecular complexity index is 492. The van der Waals surface area contributed by atoms with Gasteiger partial charge in [0.15, 0.2) is 11.6 Å². The predicted octanol–water partition coefficient (Wildman–Crippen LogP) is 2.04. The lowest BCUT2D eigenvalue weighted by Gasteiger charge is -2.19. The van der Waals surface area contributed by atoms with Gasteiger partial charge in [0, 0.05) is 23.8 Å². The Morgan fingerprint density at radius 1 is 1.28 bits per heavy atom. The minimum absolute atomic E-state index is 0.0585. The molecule has 3 rings (SSSR count). The van der Waals surface area contributed by atoms with Crippen LogP contribution in [-0.2, 0) is 4.79 Å². The maximum Gasteiger partial charge on any atom is 0.229 e. The first-order valence-electron chi connectivity index (χ1n) is 6.15. The first-order chi connectivity index (χ1) is 8.63. The highest BCUT2D eigenvalue weighted by Crippen LogP contribution is 2.33. The number of fused-ring (bicyclic) bond motifs is 2. The van der Waals surface area contributed by atoms with E-state index < -0.39 is 11.6 Å². The highest BCUT2D eigenvalue weighted by molar-refractivity contribution is 5.93. The molecule has 0 aliphatic carbocycles. The zero-order chi connectivity index (χ0) is 12.7. The summed E-state index contributed by atoms with van der Waals surface area (Å²) in [5, 5.41) is 6.02. The average molecular weight is 252 g/mol. The number of benzene rings is 1. The van der Waals surface area contributed by atoms with Crippen molar-refractivity contribution in [2.45, 2.75) is 31.3 Å². The molecule has 2 N–H and O–H groups in total. The molecular formula is C13H14F2N2O. The van der Waals surface area contributed by atoms with Gasteiger partial charge in [-0.25, -0.2) is 8.78 Å². The number of halogens is 2. The smallest absolute Gasteiger partial charge is 0.229 e. The largest absolute Gasteiger partial charge is 0.326 e. The number of rotatable bonds is 2. The molecule has 3 atom stereocenters. The van der Waals surface area contributed by atoms with Gasteiger partial charge in [0.05, 0.1) is 5.92 Å². The standard InChI is InChI=1S/C13H14F2N2O/c14-10-3-1-8(6-11(10)15)17-13(18)9-5-7-2-4-12(9)16-7/h1,3,6-7,9,12,16H,2,4-5H2,(H,17,18). The Kier molecular flexibility index (Phi) is 2.78. The maximum atomic E-state index is 13.0. The van der Waals surface area contributed by atoms with Crippen molar-refractivity contribution in [2.24, 2.45) is 5.92 Å². The molecule has 3 unspecified atom stereocenters. The van der Waals surface area contributed by atoms with Crippen LogP contribution in [0.25, 0.3) is 0 Å². The SMILES string of the molecule is O=C(Nc1ccc(F)c(F)c1)C1CC2CCC1N2. The van der Waals surface area contributed by atoms with Gasteiger partial charge in [0.1, 0.15) is 0 Å². The molecule has 2 saturated heterocycles. The topological polar surface area (TPSA) is 41.1 Å². The molecule has 2 heterocycles. The molecule has 3 nitrogen and oxygen atoms in total. The molecule has 2 fully saturated rings. The van der Waals surface area contributed by atoms with Gasteiger partial charge in [0.2, 0.25) is 5.91 Å². The van der Waals surface area contributed by atoms with Crippen LogP contribution in [0, 0.1) is 17.6 Å². The third-order valence-electron chi connectivity index (χ3n) is 3.82. The normalized spacial score (nSPS) is 29.6. The number of nitrogens with one attached hydrogen (secondary N) is 2. The molecule has 5 heteroatoms. The minimum Gasteiger partial charge on any atom is -0.326 e. The molecule has 18 heavy (non-hydrogen) atoms. The van der Waals surface area contributed by atoms with E-state index in [4.69, 9.17) is 0 Å². The van der Waals surface area contributed by atoms with Crippen molar-refractivity contribution in [3.63, 3.8) is 0 Å². The number of amides is 1. The van der Waals surface area contributed by atoms with Gasteiger partial charge in [-0.15, -0.1) is 0 Å². The molecule has 2 aliphatic rings. The summed E-state index contributed by atoms with van der Waals surface area (Å²) in [5.74, 6) is -2.02. The van der Waals surface area contributed by atoms with E-state index in [1.165, 1.54) is 6.07 Å². The summed E-state index contributed by atoms with van der Waals surface area (Å²) in [7, 11) is 0. The predicted molar refractivity (Wildman–Crippen MR) is 63.0 cm³/mol. The van der Waals surface area contributed by atoms with Crippen molar-refractivity contribution in [1.82, 2.24) is 5.32 Å². The Balaban J connectivity index is 1.69. The third-order valence-corrected chi connectivity index (χ3v) is 3.82. The highest BCUT2D eigenvalue weighted by atomic mass is 19.2. The molecular weight excluding hydrogens is 238 g/mol. The molecule has 2 bridgehead atoms. The van der Waals surface area contributed by atoms with E-state index >= 15 is 0 Å². The van der Waals surface area contributed by atoms with Gasteiger partial charge in [0.25, 0.3) is 0 Å². The molecule has 2 aliphatic heterocycles. The minimum atomic E-state index is -0.945. The van der Waals surface area contributed by atoms with Gasteiger partial charge < -0.3 is 10.6 Å². The Morgan fingerprint density at radius 3 is 2.72 bits per heavy atom. The number of anilines is 1. The zero-order valence-corrected chi connectivity index (χ0v) is 9.75. The number of hydrogen-bond acceptors (Lipinski definition) is 2. The van der Waals surface area contributed by atoms with Gasteiger partial charge in [-0.1, -0.05) is 0 Å². The monoisotopic (exact) mass is 252 g/mol. The number of carbonyl (C=O) groups is 1. The van der Waals surface area contributed by atoms with E-state index in [2.05, 4.69) is 10.6 Å². The van der Waals surface area contributed by atoms with Crippen LogP contribution in [0.2, 0.25) is 0 Å². The second-order valence-electron chi connectivity index (χ2n) is 5.01. The Labute approximate surface area is 104 Å². The third kappa shape index (κ3) is 1.99. The van der Waals surface area contributed by atoms with Crippen molar-refractivity contribution >= 4 is 11.6 Å². The molecule has 1 amide bonds. The Morgan fingerprint density at radius 2 is 2.11 bits per heavy atom. The van der Waals surface area contributed by atoms with Crippen molar-refractivity contribution in [3.8, 4) is 0 Å². The fraction of sp³-hybridized carbons (Fsp3) is 0.462. The number of carbonyl (C=O) groups excluding carboxylic acids is 1. The highest BCUT2D eigenvalue weighted by Gasteiger charge is 2.42. The summed E-state index contributed by atoms with van der Waals surface area (Å²) in [4.78, 5) is 12.0. The lowest BCUT2D eigenvalue weighted by Crippen LogP contribution is -2.32. The summed E-state index contributed by atoms with van der Waals surface area (Å²) in [6, 6.07) is 4.07. The second kappa shape index (κ2) is 4.31. The van der Waals surface area contributed by atoms with Crippen LogP contribution in [0.15, 0.2) is 18.2 Å². The van der Waals surface area contributed by atoms with E-state index in [1.54, 1.807) is 0 Å². The average Bonchev–Trinajstić information content (AvgIpc) is 2.96. The number of hydrogen-bond donors (Lipinski definition) is 2. The van der Waals surface area contributed by atoms with Crippen molar-refractivity contribution in [3.05, 3.63) is 29.8 Å². The molecule has 0 saturated carbocycles. The molecule has 1 aromatic carbocycles. The molecule has 0 radical (unpaired) electrons. The first kappa shape index (κ1) is 11.6. The van der Waals surface area contributed by atoms with E-state index in [1.807, 2.05) is 0 Å². The van der Waals surface area contributed by atoms with Crippen LogP contribution in [0.1, 0.15) is 19.3 Å². The molecule has 0 aromatic heterocycles. The van der Waals surface area contributed by atoms with E-state index in [0.717, 1.165) is 31.4 Å². The van der Waals surface area contributed by atoms with E-state index in [0.29, 0.717) is 11.7 Å². The van der Waals surface area contributed by atoms with Gasteiger partial charge in [-0.2, -0.15) is 0 Å². The van der Waals surface area contributed by atoms with Crippen molar-refractivity contribution in [1.29, 1.82) is 0 Å². The summed E-state index contributed by atoms with van der Waals surface area (Å²) in [6.07, 6.45) is 2.97. The maximum absolute atomic E-state index is 13.0. The van der Waals surface area contributed by atoms with E-state index in [-0.39, 0.29) is 17.9 Å². The molecule has 1 aromatic rings. The summed E-state index contributed by atoms with van der Waals surface area (Å²) >= 11 is 0. The fourth-order valence-corrected chi connectivity index (χ4v) is 2.92. The van der Waals surface area contributed by atoms with Crippen LogP contribution in [-0.4, -0.2) is 18.0 Å². The fourth-order valence-electron chi connectivity index (χ4n) is 2.92. The first-order valence-corrected chi connectivity index (χ1v) is 6.15. The van der Waals surface area contributed by atoms with Crippen LogP contribution < -0.4 is 10.6 Å². The van der Waals surface area contributed by atoms with Crippen LogP contribution in [0.3, 0.4) is 0 Å². The van der Waals surface area contributed by atoms with Gasteiger partial charge >= 0.3 is 0 Å². The summed E-state index contributed by atoms with van der Waals surface area (Å²) < 4.78 is 25.8. The van der Waals surface area contributed by atoms with Crippen molar-refractivity contribution in [2.75, 3.05) is 5.32 Å². The van der Waals surface area contributed by atoms with Crippen LogP contribution in [0.4, 0.5) is 14.5 Å². The summed E-state index contributed by atoms with van der Waals surface area (Å²) in [5.41, 5.74) is 0.307. The molecule has 0 spiro atoms. The quantitative estimate of drug-likeness (QED) is 0.845. The van der Waals surface area contributed by atoms with Crippen molar-refractivity contribution < 1.29 is 13.6 Å². The molecule has 96 valence electrons.